The third-order valence-electron chi connectivity index (χ3n) is 1.37. The van der Waals surface area contributed by atoms with Crippen molar-refractivity contribution in [3.8, 4) is 0 Å². The molecule has 0 amide bonds. The minimum atomic E-state index is 0.726. The molecule has 0 spiro atoms. The quantitative estimate of drug-likeness (QED) is 0.512. The van der Waals surface area contributed by atoms with E-state index in [1.54, 1.807) is 0 Å². The molecule has 0 nitrogen and oxygen atoms in total. The fraction of sp³-hybridized carbons (Fsp3) is 0.250. The molecule has 1 rings (SSSR count). The van der Waals surface area contributed by atoms with E-state index in [0.29, 0.717) is 0 Å². The zero-order chi connectivity index (χ0) is 7.40. The zero-order valence-electron chi connectivity index (χ0n) is 5.96. The molecular formula is C8H11PS. The van der Waals surface area contributed by atoms with Gasteiger partial charge in [-0.05, 0) is 18.6 Å². The molecule has 54 valence electrons. The summed E-state index contributed by atoms with van der Waals surface area (Å²) in [6.45, 7) is 2.12. The molecule has 1 atom stereocenters. The van der Waals surface area contributed by atoms with Gasteiger partial charge in [-0.25, -0.2) is 0 Å². The standard InChI is InChI=1S/C8H11PS/c1-7-3-2-4-8(5-7)6-9-10/h2-5,9-10H,6H2,1H3. The van der Waals surface area contributed by atoms with Gasteiger partial charge in [0.2, 0.25) is 0 Å². The molecule has 0 saturated heterocycles. The lowest BCUT2D eigenvalue weighted by molar-refractivity contribution is 1.36. The first kappa shape index (κ1) is 8.10. The summed E-state index contributed by atoms with van der Waals surface area (Å²) in [5.74, 6) is 0. The maximum atomic E-state index is 4.19. The van der Waals surface area contributed by atoms with Crippen LogP contribution in [0.15, 0.2) is 24.3 Å². The van der Waals surface area contributed by atoms with Crippen molar-refractivity contribution >= 4 is 20.0 Å². The highest BCUT2D eigenvalue weighted by Crippen LogP contribution is 2.22. The van der Waals surface area contributed by atoms with E-state index in [0.717, 1.165) is 13.9 Å². The molecule has 0 heterocycles. The van der Waals surface area contributed by atoms with Crippen LogP contribution >= 0.6 is 20.0 Å². The van der Waals surface area contributed by atoms with Crippen LogP contribution in [0.1, 0.15) is 11.1 Å². The highest BCUT2D eigenvalue weighted by atomic mass is 32.7. The van der Waals surface area contributed by atoms with Crippen LogP contribution < -0.4 is 0 Å². The monoisotopic (exact) mass is 170 g/mol. The summed E-state index contributed by atoms with van der Waals surface area (Å²) in [4.78, 5) is 0. The van der Waals surface area contributed by atoms with Gasteiger partial charge in [0, 0.05) is 0 Å². The van der Waals surface area contributed by atoms with Crippen molar-refractivity contribution < 1.29 is 0 Å². The molecule has 0 aliphatic heterocycles. The van der Waals surface area contributed by atoms with Gasteiger partial charge in [-0.1, -0.05) is 37.6 Å². The molecular weight excluding hydrogens is 159 g/mol. The molecule has 10 heavy (non-hydrogen) atoms. The normalized spacial score (nSPS) is 11.0. The van der Waals surface area contributed by atoms with Crippen molar-refractivity contribution in [3.05, 3.63) is 35.4 Å². The number of thiol groups is 1. The Morgan fingerprint density at radius 3 is 2.90 bits per heavy atom. The third kappa shape index (κ3) is 2.32. The largest absolute Gasteiger partial charge is 0.154 e. The highest BCUT2D eigenvalue weighted by Gasteiger charge is 1.89. The van der Waals surface area contributed by atoms with Gasteiger partial charge in [-0.2, -0.15) is 12.2 Å². The number of aryl methyl sites for hydroxylation is 1. The Kier molecular flexibility index (Phi) is 3.24. The van der Waals surface area contributed by atoms with E-state index in [4.69, 9.17) is 0 Å². The molecule has 0 aromatic heterocycles. The van der Waals surface area contributed by atoms with Crippen LogP contribution in [-0.2, 0) is 6.16 Å². The van der Waals surface area contributed by atoms with Crippen molar-refractivity contribution in [3.63, 3.8) is 0 Å². The highest BCUT2D eigenvalue weighted by molar-refractivity contribution is 8.37. The van der Waals surface area contributed by atoms with Crippen LogP contribution in [0, 0.1) is 6.92 Å². The number of benzene rings is 1. The number of hydrogen-bond donors (Lipinski definition) is 1. The van der Waals surface area contributed by atoms with Crippen LogP contribution in [-0.4, -0.2) is 0 Å². The molecule has 1 unspecified atom stereocenters. The summed E-state index contributed by atoms with van der Waals surface area (Å²) in [5.41, 5.74) is 2.73. The molecule has 1 aromatic carbocycles. The fourth-order valence-corrected chi connectivity index (χ4v) is 1.86. The summed E-state index contributed by atoms with van der Waals surface area (Å²) in [6.07, 6.45) is 1.10. The molecule has 0 radical (unpaired) electrons. The van der Waals surface area contributed by atoms with Gasteiger partial charge in [0.05, 0.1) is 0 Å². The Labute approximate surface area is 69.0 Å². The molecule has 0 saturated carbocycles. The van der Waals surface area contributed by atoms with Crippen molar-refractivity contribution in [1.29, 1.82) is 0 Å². The average molecular weight is 170 g/mol. The van der Waals surface area contributed by atoms with E-state index in [9.17, 15) is 0 Å². The van der Waals surface area contributed by atoms with Crippen LogP contribution in [0.4, 0.5) is 0 Å². The molecule has 1 aromatic rings. The van der Waals surface area contributed by atoms with E-state index in [2.05, 4.69) is 43.4 Å². The van der Waals surface area contributed by atoms with Gasteiger partial charge in [-0.15, -0.1) is 0 Å². The van der Waals surface area contributed by atoms with Crippen LogP contribution in [0.2, 0.25) is 0 Å². The number of rotatable bonds is 2. The minimum absolute atomic E-state index is 0.726. The third-order valence-corrected chi connectivity index (χ3v) is 2.41. The predicted octanol–water partition coefficient (Wildman–Crippen LogP) is 3.02. The molecule has 0 aliphatic rings. The maximum Gasteiger partial charge on any atom is -0.00103 e. The zero-order valence-corrected chi connectivity index (χ0v) is 7.86. The SMILES string of the molecule is Cc1cccc(CPS)c1. The van der Waals surface area contributed by atoms with Gasteiger partial charge in [-0.3, -0.25) is 0 Å². The van der Waals surface area contributed by atoms with E-state index in [1.807, 2.05) is 0 Å². The van der Waals surface area contributed by atoms with Crippen molar-refractivity contribution in [1.82, 2.24) is 0 Å². The second-order valence-corrected chi connectivity index (χ2v) is 3.94. The molecule has 0 fully saturated rings. The van der Waals surface area contributed by atoms with E-state index in [1.165, 1.54) is 11.1 Å². The van der Waals surface area contributed by atoms with E-state index >= 15 is 0 Å². The first-order valence-electron chi connectivity index (χ1n) is 3.25. The Balaban J connectivity index is 2.75. The topological polar surface area (TPSA) is 0 Å². The Hall–Kier alpha value is -0.0000000000000000555. The maximum absolute atomic E-state index is 4.19. The summed E-state index contributed by atoms with van der Waals surface area (Å²) in [6, 6.07) is 8.57. The van der Waals surface area contributed by atoms with Crippen molar-refractivity contribution in [2.75, 3.05) is 0 Å². The van der Waals surface area contributed by atoms with Gasteiger partial charge < -0.3 is 0 Å². The summed E-state index contributed by atoms with van der Waals surface area (Å²) in [7, 11) is 0.726. The van der Waals surface area contributed by atoms with Gasteiger partial charge in [0.1, 0.15) is 0 Å². The van der Waals surface area contributed by atoms with E-state index < -0.39 is 0 Å². The lowest BCUT2D eigenvalue weighted by Crippen LogP contribution is -1.77. The predicted molar refractivity (Wildman–Crippen MR) is 52.2 cm³/mol. The first-order chi connectivity index (χ1) is 4.83. The van der Waals surface area contributed by atoms with Crippen LogP contribution in [0.5, 0.6) is 0 Å². The lowest BCUT2D eigenvalue weighted by atomic mass is 10.2. The molecule has 0 N–H and O–H groups in total. The minimum Gasteiger partial charge on any atom is -0.154 e. The second-order valence-electron chi connectivity index (χ2n) is 2.32. The lowest BCUT2D eigenvalue weighted by Gasteiger charge is -1.97. The van der Waals surface area contributed by atoms with Crippen LogP contribution in [0.25, 0.3) is 0 Å². The van der Waals surface area contributed by atoms with Gasteiger partial charge in [0.15, 0.2) is 0 Å². The Morgan fingerprint density at radius 1 is 1.50 bits per heavy atom. The van der Waals surface area contributed by atoms with Crippen molar-refractivity contribution in [2.24, 2.45) is 0 Å². The summed E-state index contributed by atoms with van der Waals surface area (Å²) in [5, 5.41) is 0. The molecule has 0 aliphatic carbocycles. The van der Waals surface area contributed by atoms with Crippen molar-refractivity contribution in [2.45, 2.75) is 13.1 Å². The molecule has 0 bridgehead atoms. The average Bonchev–Trinajstić information content (AvgIpc) is 1.88. The first-order valence-corrected chi connectivity index (χ1v) is 5.75. The Morgan fingerprint density at radius 2 is 2.30 bits per heavy atom. The van der Waals surface area contributed by atoms with E-state index in [-0.39, 0.29) is 0 Å². The summed E-state index contributed by atoms with van der Waals surface area (Å²) >= 11 is 4.19. The molecule has 2 heteroatoms. The second kappa shape index (κ2) is 4.00. The smallest absolute Gasteiger partial charge is 0.00103 e. The van der Waals surface area contributed by atoms with Gasteiger partial charge >= 0.3 is 0 Å². The summed E-state index contributed by atoms with van der Waals surface area (Å²) < 4.78 is 0. The van der Waals surface area contributed by atoms with Crippen LogP contribution in [0.3, 0.4) is 0 Å². The van der Waals surface area contributed by atoms with Gasteiger partial charge in [0.25, 0.3) is 0 Å². The fourth-order valence-electron chi connectivity index (χ4n) is 0.913. The number of hydrogen-bond acceptors (Lipinski definition) is 1. The Bertz CT molecular complexity index is 210.